The molecule has 2 aromatic rings. The number of nitrogens with one attached hydrogen (secondary N) is 1. The minimum atomic E-state index is 0.877. The van der Waals surface area contributed by atoms with Gasteiger partial charge < -0.3 is 10.2 Å². The van der Waals surface area contributed by atoms with Crippen molar-refractivity contribution in [2.45, 2.75) is 6.54 Å². The zero-order chi connectivity index (χ0) is 12.1. The van der Waals surface area contributed by atoms with Gasteiger partial charge in [-0.1, -0.05) is 0 Å². The lowest BCUT2D eigenvalue weighted by Crippen LogP contribution is -2.11. The van der Waals surface area contributed by atoms with Gasteiger partial charge in [0.05, 0.1) is 6.54 Å². The molecule has 0 unspecified atom stereocenters. The van der Waals surface area contributed by atoms with Crippen LogP contribution in [0.1, 0.15) is 0 Å². The van der Waals surface area contributed by atoms with Crippen molar-refractivity contribution in [2.24, 2.45) is 0 Å². The molecule has 0 saturated carbocycles. The highest BCUT2D eigenvalue weighted by atomic mass is 15.3. The molecular formula is C13H18N4. The van der Waals surface area contributed by atoms with Gasteiger partial charge in [-0.15, -0.1) is 0 Å². The maximum atomic E-state index is 4.15. The predicted octanol–water partition coefficient (Wildman–Crippen LogP) is 2.06. The van der Waals surface area contributed by atoms with Crippen LogP contribution in [-0.2, 0) is 6.54 Å². The highest BCUT2D eigenvalue weighted by Gasteiger charge is 1.96. The highest BCUT2D eigenvalue weighted by Crippen LogP contribution is 2.15. The van der Waals surface area contributed by atoms with E-state index in [0.717, 1.165) is 18.8 Å². The maximum Gasteiger partial charge on any atom is 0.0582 e. The number of rotatable bonds is 5. The van der Waals surface area contributed by atoms with Gasteiger partial charge in [0, 0.05) is 44.4 Å². The molecule has 1 N–H and O–H groups in total. The van der Waals surface area contributed by atoms with Gasteiger partial charge in [0.2, 0.25) is 0 Å². The molecular weight excluding hydrogens is 212 g/mol. The Bertz CT molecular complexity index is 431. The van der Waals surface area contributed by atoms with Gasteiger partial charge in [0.1, 0.15) is 0 Å². The molecule has 0 saturated heterocycles. The smallest absolute Gasteiger partial charge is 0.0582 e. The normalized spacial score (nSPS) is 10.2. The first-order valence-electron chi connectivity index (χ1n) is 5.74. The summed E-state index contributed by atoms with van der Waals surface area (Å²) < 4.78 is 1.92. The molecule has 0 aliphatic heterocycles. The summed E-state index contributed by atoms with van der Waals surface area (Å²) in [4.78, 5) is 2.09. The Labute approximate surface area is 102 Å². The third kappa shape index (κ3) is 3.24. The lowest BCUT2D eigenvalue weighted by atomic mass is 10.2. The lowest BCUT2D eigenvalue weighted by Gasteiger charge is -2.13. The van der Waals surface area contributed by atoms with Crippen molar-refractivity contribution in [3.8, 4) is 0 Å². The molecule has 0 amide bonds. The fraction of sp³-hybridized carbons (Fsp3) is 0.308. The van der Waals surface area contributed by atoms with E-state index in [1.807, 2.05) is 31.0 Å². The van der Waals surface area contributed by atoms with Crippen LogP contribution in [0.25, 0.3) is 0 Å². The number of aromatic nitrogens is 2. The summed E-state index contributed by atoms with van der Waals surface area (Å²) in [7, 11) is 4.08. The van der Waals surface area contributed by atoms with Crippen molar-refractivity contribution in [1.29, 1.82) is 0 Å². The maximum absolute atomic E-state index is 4.15. The Balaban J connectivity index is 1.83. The first-order chi connectivity index (χ1) is 8.25. The van der Waals surface area contributed by atoms with E-state index in [9.17, 15) is 0 Å². The van der Waals surface area contributed by atoms with Crippen LogP contribution in [0.5, 0.6) is 0 Å². The van der Waals surface area contributed by atoms with Crippen molar-refractivity contribution >= 4 is 11.4 Å². The van der Waals surface area contributed by atoms with Gasteiger partial charge in [-0.2, -0.15) is 5.10 Å². The SMILES string of the molecule is CN(C)c1ccc(NCCn2cccn2)cc1. The van der Waals surface area contributed by atoms with Gasteiger partial charge >= 0.3 is 0 Å². The molecule has 1 aromatic heterocycles. The van der Waals surface area contributed by atoms with Gasteiger partial charge in [-0.3, -0.25) is 4.68 Å². The van der Waals surface area contributed by atoms with Crippen molar-refractivity contribution in [1.82, 2.24) is 9.78 Å². The zero-order valence-corrected chi connectivity index (χ0v) is 10.3. The van der Waals surface area contributed by atoms with Crippen LogP contribution in [0.3, 0.4) is 0 Å². The van der Waals surface area contributed by atoms with Gasteiger partial charge in [0.25, 0.3) is 0 Å². The molecule has 2 rings (SSSR count). The first-order valence-corrected chi connectivity index (χ1v) is 5.74. The molecule has 0 aliphatic rings. The van der Waals surface area contributed by atoms with E-state index < -0.39 is 0 Å². The van der Waals surface area contributed by atoms with Gasteiger partial charge in [0.15, 0.2) is 0 Å². The van der Waals surface area contributed by atoms with E-state index in [4.69, 9.17) is 0 Å². The van der Waals surface area contributed by atoms with E-state index in [2.05, 4.69) is 39.6 Å². The Kier molecular flexibility index (Phi) is 3.65. The summed E-state index contributed by atoms with van der Waals surface area (Å²) in [6.45, 7) is 1.76. The van der Waals surface area contributed by atoms with Crippen molar-refractivity contribution in [2.75, 3.05) is 30.9 Å². The second-order valence-electron chi connectivity index (χ2n) is 4.14. The topological polar surface area (TPSA) is 33.1 Å². The Morgan fingerprint density at radius 2 is 2.00 bits per heavy atom. The second-order valence-corrected chi connectivity index (χ2v) is 4.14. The minimum Gasteiger partial charge on any atom is -0.383 e. The van der Waals surface area contributed by atoms with Crippen LogP contribution in [0.15, 0.2) is 42.7 Å². The summed E-state index contributed by atoms with van der Waals surface area (Å²) in [5.74, 6) is 0. The van der Waals surface area contributed by atoms with Crippen LogP contribution in [0.4, 0.5) is 11.4 Å². The third-order valence-electron chi connectivity index (χ3n) is 2.61. The zero-order valence-electron chi connectivity index (χ0n) is 10.3. The molecule has 0 aliphatic carbocycles. The van der Waals surface area contributed by atoms with E-state index in [-0.39, 0.29) is 0 Å². The highest BCUT2D eigenvalue weighted by molar-refractivity contribution is 5.54. The second kappa shape index (κ2) is 5.39. The summed E-state index contributed by atoms with van der Waals surface area (Å²) in [6.07, 6.45) is 3.77. The van der Waals surface area contributed by atoms with Crippen molar-refractivity contribution in [3.63, 3.8) is 0 Å². The number of anilines is 2. The van der Waals surface area contributed by atoms with Gasteiger partial charge in [-0.05, 0) is 30.3 Å². The third-order valence-corrected chi connectivity index (χ3v) is 2.61. The summed E-state index contributed by atoms with van der Waals surface area (Å²) >= 11 is 0. The molecule has 17 heavy (non-hydrogen) atoms. The predicted molar refractivity (Wildman–Crippen MR) is 71.5 cm³/mol. The van der Waals surface area contributed by atoms with Gasteiger partial charge in [-0.25, -0.2) is 0 Å². The molecule has 0 atom stereocenters. The summed E-state index contributed by atoms with van der Waals surface area (Å²) in [5.41, 5.74) is 2.35. The Morgan fingerprint density at radius 3 is 2.59 bits per heavy atom. The Hall–Kier alpha value is -1.97. The van der Waals surface area contributed by atoms with E-state index >= 15 is 0 Å². The average Bonchev–Trinajstić information content (AvgIpc) is 2.83. The molecule has 90 valence electrons. The summed E-state index contributed by atoms with van der Waals surface area (Å²) in [5, 5.41) is 7.52. The largest absolute Gasteiger partial charge is 0.383 e. The Morgan fingerprint density at radius 1 is 1.24 bits per heavy atom. The molecule has 1 aromatic carbocycles. The number of hydrogen-bond acceptors (Lipinski definition) is 3. The molecule has 0 fully saturated rings. The number of benzene rings is 1. The van der Waals surface area contributed by atoms with Crippen LogP contribution in [-0.4, -0.2) is 30.4 Å². The van der Waals surface area contributed by atoms with Crippen LogP contribution >= 0.6 is 0 Å². The quantitative estimate of drug-likeness (QED) is 0.853. The number of hydrogen-bond donors (Lipinski definition) is 1. The minimum absolute atomic E-state index is 0.877. The monoisotopic (exact) mass is 230 g/mol. The van der Waals surface area contributed by atoms with E-state index in [1.165, 1.54) is 5.69 Å². The summed E-state index contributed by atoms with van der Waals surface area (Å²) in [6, 6.07) is 10.3. The molecule has 0 spiro atoms. The lowest BCUT2D eigenvalue weighted by molar-refractivity contribution is 0.638. The average molecular weight is 230 g/mol. The fourth-order valence-electron chi connectivity index (χ4n) is 1.62. The molecule has 0 bridgehead atoms. The molecule has 4 nitrogen and oxygen atoms in total. The van der Waals surface area contributed by atoms with Crippen LogP contribution < -0.4 is 10.2 Å². The molecule has 0 radical (unpaired) electrons. The molecule has 4 heteroatoms. The van der Waals surface area contributed by atoms with E-state index in [1.54, 1.807) is 6.20 Å². The van der Waals surface area contributed by atoms with Crippen molar-refractivity contribution < 1.29 is 0 Å². The van der Waals surface area contributed by atoms with Crippen LogP contribution in [0.2, 0.25) is 0 Å². The fourth-order valence-corrected chi connectivity index (χ4v) is 1.62. The van der Waals surface area contributed by atoms with Crippen molar-refractivity contribution in [3.05, 3.63) is 42.7 Å². The van der Waals surface area contributed by atoms with Crippen LogP contribution in [0, 0.1) is 0 Å². The number of nitrogens with zero attached hydrogens (tertiary/aromatic N) is 3. The molecule has 1 heterocycles. The standard InChI is InChI=1S/C13H18N4/c1-16(2)13-6-4-12(5-7-13)14-9-11-17-10-3-8-15-17/h3-8,10,14H,9,11H2,1-2H3. The first kappa shape index (κ1) is 11.5. The van der Waals surface area contributed by atoms with E-state index in [0.29, 0.717) is 0 Å².